The third-order valence-electron chi connectivity index (χ3n) is 4.02. The first-order valence-electron chi connectivity index (χ1n) is 9.07. The maximum Gasteiger partial charge on any atom is 0.328 e. The highest BCUT2D eigenvalue weighted by Gasteiger charge is 2.17. The number of hydrogen-bond acceptors (Lipinski definition) is 6. The Hall–Kier alpha value is -4.20. The molecule has 1 aromatic heterocycles. The van der Waals surface area contributed by atoms with E-state index in [4.69, 9.17) is 14.9 Å². The fraction of sp³-hybridized carbons (Fsp3) is 0.0909. The van der Waals surface area contributed by atoms with Crippen molar-refractivity contribution in [2.24, 2.45) is 4.99 Å². The first-order valence-corrected chi connectivity index (χ1v) is 9.07. The van der Waals surface area contributed by atoms with E-state index in [1.54, 1.807) is 6.20 Å². The highest BCUT2D eigenvalue weighted by atomic mass is 16.5. The second-order valence-electron chi connectivity index (χ2n) is 6.09. The van der Waals surface area contributed by atoms with Gasteiger partial charge in [0.1, 0.15) is 12.4 Å². The summed E-state index contributed by atoms with van der Waals surface area (Å²) in [6.45, 7) is 1.22. The molecule has 4 rings (SSSR count). The van der Waals surface area contributed by atoms with E-state index in [1.165, 1.54) is 10.8 Å². The maximum atomic E-state index is 9.55. The lowest BCUT2D eigenvalue weighted by atomic mass is 10.0. The van der Waals surface area contributed by atoms with Crippen LogP contribution in [0.5, 0.6) is 5.88 Å². The predicted octanol–water partition coefficient (Wildman–Crippen LogP) is 3.01. The summed E-state index contributed by atoms with van der Waals surface area (Å²) in [5.41, 5.74) is 2.19. The van der Waals surface area contributed by atoms with Crippen LogP contribution < -0.4 is 10.1 Å². The van der Waals surface area contributed by atoms with E-state index in [0.717, 1.165) is 17.1 Å². The average molecular weight is 405 g/mol. The lowest BCUT2D eigenvalue weighted by Gasteiger charge is -2.08. The highest BCUT2D eigenvalue weighted by molar-refractivity contribution is 6.18. The molecule has 0 saturated heterocycles. The molecule has 30 heavy (non-hydrogen) atoms. The second-order valence-corrected chi connectivity index (χ2v) is 6.09. The van der Waals surface area contributed by atoms with Gasteiger partial charge in [-0.05, 0) is 17.5 Å². The Bertz CT molecular complexity index is 1090. The summed E-state index contributed by atoms with van der Waals surface area (Å²) in [6, 6.07) is 18.1. The number of hydrogen-bond donors (Lipinski definition) is 3. The van der Waals surface area contributed by atoms with Crippen molar-refractivity contribution in [3.05, 3.63) is 78.5 Å². The Balaban J connectivity index is 0.000000275. The quantitative estimate of drug-likeness (QED) is 0.426. The minimum absolute atomic E-state index is 0.544. The fourth-order valence-electron chi connectivity index (χ4n) is 2.83. The molecule has 0 atom stereocenters. The summed E-state index contributed by atoms with van der Waals surface area (Å²) >= 11 is 0. The Kier molecular flexibility index (Phi) is 6.73. The van der Waals surface area contributed by atoms with Gasteiger partial charge in [0, 0.05) is 35.4 Å². The molecule has 2 aromatic carbocycles. The lowest BCUT2D eigenvalue weighted by Crippen LogP contribution is -2.28. The van der Waals surface area contributed by atoms with E-state index in [9.17, 15) is 9.59 Å². The number of carbonyl (C=O) groups is 2. The first kappa shape index (κ1) is 20.5. The van der Waals surface area contributed by atoms with Gasteiger partial charge in [0.15, 0.2) is 0 Å². The van der Waals surface area contributed by atoms with Gasteiger partial charge < -0.3 is 20.3 Å². The van der Waals surface area contributed by atoms with Crippen molar-refractivity contribution in [2.75, 3.05) is 13.2 Å². The zero-order valence-corrected chi connectivity index (χ0v) is 15.9. The number of aliphatic carboxylic acids is 2. The van der Waals surface area contributed by atoms with Crippen LogP contribution in [-0.2, 0) is 9.59 Å². The summed E-state index contributed by atoms with van der Waals surface area (Å²) in [4.78, 5) is 27.9. The molecule has 1 aliphatic rings. The highest BCUT2D eigenvalue weighted by Crippen LogP contribution is 2.34. The van der Waals surface area contributed by atoms with Crippen LogP contribution in [0.3, 0.4) is 0 Å². The van der Waals surface area contributed by atoms with Crippen LogP contribution in [0.2, 0.25) is 0 Å². The van der Waals surface area contributed by atoms with Gasteiger partial charge in [0.25, 0.3) is 0 Å². The minimum atomic E-state index is -1.26. The number of rotatable bonds is 6. The topological polar surface area (TPSA) is 121 Å². The Morgan fingerprint density at radius 3 is 2.37 bits per heavy atom. The van der Waals surface area contributed by atoms with Crippen molar-refractivity contribution in [3.63, 3.8) is 0 Å². The van der Waals surface area contributed by atoms with Crippen LogP contribution in [-0.4, -0.2) is 46.1 Å². The van der Waals surface area contributed by atoms with Crippen molar-refractivity contribution >= 4 is 34.2 Å². The van der Waals surface area contributed by atoms with Gasteiger partial charge >= 0.3 is 11.9 Å². The van der Waals surface area contributed by atoms with E-state index in [2.05, 4.69) is 39.6 Å². The zero-order valence-electron chi connectivity index (χ0n) is 15.9. The van der Waals surface area contributed by atoms with E-state index in [1.807, 2.05) is 30.3 Å². The first-order chi connectivity index (χ1) is 14.5. The number of pyridine rings is 1. The van der Waals surface area contributed by atoms with Gasteiger partial charge in [-0.3, -0.25) is 0 Å². The fourth-order valence-corrected chi connectivity index (χ4v) is 2.83. The molecule has 3 N–H and O–H groups in total. The van der Waals surface area contributed by atoms with Crippen molar-refractivity contribution in [2.45, 2.75) is 0 Å². The molecule has 1 aliphatic heterocycles. The molecule has 152 valence electrons. The number of carboxylic acids is 2. The molecule has 0 amide bonds. The lowest BCUT2D eigenvalue weighted by molar-refractivity contribution is -0.134. The summed E-state index contributed by atoms with van der Waals surface area (Å²) in [6.07, 6.45) is 2.84. The van der Waals surface area contributed by atoms with Crippen LogP contribution in [0.4, 0.5) is 5.69 Å². The second kappa shape index (κ2) is 9.83. The Labute approximate surface area is 172 Å². The summed E-state index contributed by atoms with van der Waals surface area (Å²) in [5.74, 6) is -0.959. The standard InChI is InChI=1S/C18H15N3O.C4H4O4/c1-2-10-19-16(9-1)22-12-11-20-18-14-7-3-5-13-6-4-8-15(21-18)17(13)14;5-3(6)1-2-4(7)8/h1-10H,11-12H2,(H,20,21);1-2H,(H,5,6)(H,7,8). The molecule has 2 heterocycles. The minimum Gasteiger partial charge on any atom is -0.478 e. The number of amidine groups is 1. The Morgan fingerprint density at radius 1 is 0.967 bits per heavy atom. The molecular formula is C22H19N3O5. The molecule has 8 heteroatoms. The summed E-state index contributed by atoms with van der Waals surface area (Å²) in [5, 5.41) is 21.4. The monoisotopic (exact) mass is 405 g/mol. The van der Waals surface area contributed by atoms with Crippen molar-refractivity contribution in [1.29, 1.82) is 0 Å². The van der Waals surface area contributed by atoms with Crippen molar-refractivity contribution in [1.82, 2.24) is 10.3 Å². The van der Waals surface area contributed by atoms with E-state index in [0.29, 0.717) is 31.2 Å². The van der Waals surface area contributed by atoms with E-state index >= 15 is 0 Å². The molecule has 0 bridgehead atoms. The normalized spacial score (nSPS) is 11.5. The molecule has 0 aliphatic carbocycles. The molecule has 0 radical (unpaired) electrons. The molecule has 0 saturated carbocycles. The summed E-state index contributed by atoms with van der Waals surface area (Å²) in [7, 11) is 0. The number of carboxylic acid groups (broad SMARTS) is 2. The number of aromatic nitrogens is 1. The third kappa shape index (κ3) is 5.41. The number of benzene rings is 2. The Morgan fingerprint density at radius 2 is 1.70 bits per heavy atom. The number of ether oxygens (including phenoxy) is 1. The smallest absolute Gasteiger partial charge is 0.328 e. The van der Waals surface area contributed by atoms with Crippen molar-refractivity contribution in [3.8, 4) is 5.88 Å². The molecule has 0 unspecified atom stereocenters. The van der Waals surface area contributed by atoms with Crippen LogP contribution in [0.25, 0.3) is 10.8 Å². The van der Waals surface area contributed by atoms with Gasteiger partial charge in [-0.1, -0.05) is 36.4 Å². The molecule has 8 nitrogen and oxygen atoms in total. The number of nitrogens with zero attached hydrogens (tertiary/aromatic N) is 2. The largest absolute Gasteiger partial charge is 0.478 e. The number of nitrogens with one attached hydrogen (secondary N) is 1. The predicted molar refractivity (Wildman–Crippen MR) is 112 cm³/mol. The molecule has 0 spiro atoms. The third-order valence-corrected chi connectivity index (χ3v) is 4.02. The summed E-state index contributed by atoms with van der Waals surface area (Å²) < 4.78 is 5.59. The van der Waals surface area contributed by atoms with Crippen LogP contribution in [0.15, 0.2) is 77.9 Å². The van der Waals surface area contributed by atoms with Crippen molar-refractivity contribution < 1.29 is 24.5 Å². The van der Waals surface area contributed by atoms with Gasteiger partial charge in [0.2, 0.25) is 5.88 Å². The number of aliphatic imine (C=N–C) groups is 1. The van der Waals surface area contributed by atoms with Crippen LogP contribution in [0, 0.1) is 0 Å². The van der Waals surface area contributed by atoms with Gasteiger partial charge in [-0.15, -0.1) is 0 Å². The zero-order chi connectivity index (χ0) is 21.3. The molecular weight excluding hydrogens is 386 g/mol. The van der Waals surface area contributed by atoms with E-state index in [-0.39, 0.29) is 0 Å². The van der Waals surface area contributed by atoms with Gasteiger partial charge in [-0.2, -0.15) is 0 Å². The average Bonchev–Trinajstić information content (AvgIpc) is 3.11. The molecule has 3 aromatic rings. The van der Waals surface area contributed by atoms with E-state index < -0.39 is 11.9 Å². The van der Waals surface area contributed by atoms with Crippen LogP contribution in [0.1, 0.15) is 5.56 Å². The maximum absolute atomic E-state index is 9.55. The SMILES string of the molecule is O=C(O)C=CC(=O)O.c1ccc(OCCNC2=Nc3cccc4cccc2c34)nc1. The van der Waals surface area contributed by atoms with Crippen LogP contribution >= 0.6 is 0 Å². The molecule has 0 fully saturated rings. The van der Waals surface area contributed by atoms with Gasteiger partial charge in [0.05, 0.1) is 12.2 Å². The van der Waals surface area contributed by atoms with Gasteiger partial charge in [-0.25, -0.2) is 19.6 Å².